The maximum atomic E-state index is 3.61. The lowest BCUT2D eigenvalue weighted by Gasteiger charge is -2.18. The first kappa shape index (κ1) is 13.2. The minimum absolute atomic E-state index is 0.451. The summed E-state index contributed by atoms with van der Waals surface area (Å²) in [6.07, 6.45) is 2.28. The van der Waals surface area contributed by atoms with Crippen molar-refractivity contribution in [1.82, 2.24) is 5.32 Å². The van der Waals surface area contributed by atoms with Gasteiger partial charge in [-0.15, -0.1) is 0 Å². The van der Waals surface area contributed by atoms with Gasteiger partial charge in [0.15, 0.2) is 0 Å². The van der Waals surface area contributed by atoms with Crippen LogP contribution in [0.3, 0.4) is 0 Å². The van der Waals surface area contributed by atoms with Crippen LogP contribution in [0.5, 0.6) is 0 Å². The van der Waals surface area contributed by atoms with E-state index in [1.54, 1.807) is 0 Å². The molecular weight excluding hydrogens is 318 g/mol. The third-order valence-corrected chi connectivity index (χ3v) is 3.57. The minimum Gasteiger partial charge on any atom is -0.310 e. The Labute approximate surface area is 109 Å². The van der Waals surface area contributed by atoms with E-state index in [-0.39, 0.29) is 0 Å². The summed E-state index contributed by atoms with van der Waals surface area (Å²) in [5, 5.41) is 3.55. The molecule has 0 fully saturated rings. The Bertz CT molecular complexity index is 312. The summed E-state index contributed by atoms with van der Waals surface area (Å²) in [6.45, 7) is 5.47. The smallest absolute Gasteiger partial charge is 0.0328 e. The number of benzene rings is 1. The van der Waals surface area contributed by atoms with Gasteiger partial charge in [0, 0.05) is 15.0 Å². The van der Waals surface area contributed by atoms with Crippen LogP contribution in [0.25, 0.3) is 0 Å². The Balaban J connectivity index is 2.81. The van der Waals surface area contributed by atoms with E-state index in [0.717, 1.165) is 17.4 Å². The molecule has 0 heterocycles. The predicted molar refractivity (Wildman–Crippen MR) is 73.2 cm³/mol. The highest BCUT2D eigenvalue weighted by atomic mass is 79.9. The largest absolute Gasteiger partial charge is 0.310 e. The van der Waals surface area contributed by atoms with Crippen LogP contribution in [0.1, 0.15) is 38.3 Å². The molecule has 0 amide bonds. The van der Waals surface area contributed by atoms with Gasteiger partial charge < -0.3 is 5.32 Å². The second kappa shape index (κ2) is 6.66. The molecule has 0 aliphatic heterocycles. The van der Waals surface area contributed by atoms with Gasteiger partial charge in [-0.25, -0.2) is 0 Å². The molecule has 1 rings (SSSR count). The van der Waals surface area contributed by atoms with Crippen LogP contribution >= 0.6 is 31.9 Å². The monoisotopic (exact) mass is 333 g/mol. The molecule has 15 heavy (non-hydrogen) atoms. The zero-order chi connectivity index (χ0) is 11.3. The summed E-state index contributed by atoms with van der Waals surface area (Å²) in [5.41, 5.74) is 1.34. The summed E-state index contributed by atoms with van der Waals surface area (Å²) < 4.78 is 2.29. The molecule has 1 aromatic rings. The minimum atomic E-state index is 0.451. The average Bonchev–Trinajstić information content (AvgIpc) is 2.21. The van der Waals surface area contributed by atoms with Gasteiger partial charge in [0.1, 0.15) is 0 Å². The van der Waals surface area contributed by atoms with Gasteiger partial charge >= 0.3 is 0 Å². The molecule has 1 N–H and O–H groups in total. The van der Waals surface area contributed by atoms with Crippen LogP contribution in [0, 0.1) is 0 Å². The highest BCUT2D eigenvalue weighted by Crippen LogP contribution is 2.28. The van der Waals surface area contributed by atoms with Crippen LogP contribution in [0.15, 0.2) is 27.1 Å². The van der Waals surface area contributed by atoms with E-state index in [4.69, 9.17) is 0 Å². The normalized spacial score (nSPS) is 12.8. The predicted octanol–water partition coefficient (Wildman–Crippen LogP) is 4.66. The topological polar surface area (TPSA) is 12.0 Å². The van der Waals surface area contributed by atoms with Gasteiger partial charge in [-0.05, 0) is 37.1 Å². The Morgan fingerprint density at radius 3 is 2.53 bits per heavy atom. The lowest BCUT2D eigenvalue weighted by Crippen LogP contribution is -2.21. The molecule has 0 bridgehead atoms. The highest BCUT2D eigenvalue weighted by Gasteiger charge is 2.11. The van der Waals surface area contributed by atoms with Crippen LogP contribution in [-0.4, -0.2) is 6.54 Å². The molecule has 1 nitrogen and oxygen atoms in total. The zero-order valence-electron chi connectivity index (χ0n) is 9.19. The molecule has 0 aromatic heterocycles. The molecule has 0 aliphatic carbocycles. The highest BCUT2D eigenvalue weighted by molar-refractivity contribution is 9.11. The average molecular weight is 335 g/mol. The van der Waals surface area contributed by atoms with E-state index in [1.165, 1.54) is 16.5 Å². The van der Waals surface area contributed by atoms with Crippen LogP contribution < -0.4 is 5.32 Å². The van der Waals surface area contributed by atoms with Crippen LogP contribution in [0.2, 0.25) is 0 Å². The Morgan fingerprint density at radius 1 is 1.27 bits per heavy atom. The molecule has 0 aliphatic rings. The summed E-state index contributed by atoms with van der Waals surface area (Å²) in [6, 6.07) is 6.82. The van der Waals surface area contributed by atoms with Gasteiger partial charge in [0.05, 0.1) is 0 Å². The summed E-state index contributed by atoms with van der Waals surface area (Å²) >= 11 is 7.08. The quantitative estimate of drug-likeness (QED) is 0.825. The first-order valence-corrected chi connectivity index (χ1v) is 6.96. The molecule has 84 valence electrons. The number of halogens is 2. The fraction of sp³-hybridized carbons (Fsp3) is 0.500. The van der Waals surface area contributed by atoms with Gasteiger partial charge in [0.25, 0.3) is 0 Å². The summed E-state index contributed by atoms with van der Waals surface area (Å²) in [5.74, 6) is 0. The maximum Gasteiger partial charge on any atom is 0.0328 e. The van der Waals surface area contributed by atoms with E-state index in [0.29, 0.717) is 6.04 Å². The molecule has 0 saturated carbocycles. The standard InChI is InChI=1S/C12H17Br2N/c1-3-7-15-12(4-2)10-6-5-9(13)8-11(10)14/h5-6,8,12,15H,3-4,7H2,1-2H3. The SMILES string of the molecule is CCCNC(CC)c1ccc(Br)cc1Br. The van der Waals surface area contributed by atoms with Crippen LogP contribution in [-0.2, 0) is 0 Å². The van der Waals surface area contributed by atoms with Crippen molar-refractivity contribution < 1.29 is 0 Å². The van der Waals surface area contributed by atoms with Crippen molar-refractivity contribution >= 4 is 31.9 Å². The Morgan fingerprint density at radius 2 is 2.00 bits per heavy atom. The van der Waals surface area contributed by atoms with Crippen molar-refractivity contribution in [3.8, 4) is 0 Å². The second-order valence-corrected chi connectivity index (χ2v) is 5.35. The number of hydrogen-bond acceptors (Lipinski definition) is 1. The van der Waals surface area contributed by atoms with E-state index in [1.807, 2.05) is 0 Å². The molecule has 1 unspecified atom stereocenters. The Kier molecular flexibility index (Phi) is 5.87. The van der Waals surface area contributed by atoms with Crippen molar-refractivity contribution in [1.29, 1.82) is 0 Å². The zero-order valence-corrected chi connectivity index (χ0v) is 12.4. The fourth-order valence-corrected chi connectivity index (χ4v) is 2.90. The van der Waals surface area contributed by atoms with Gasteiger partial charge in [-0.1, -0.05) is 51.8 Å². The maximum absolute atomic E-state index is 3.61. The molecule has 3 heteroatoms. The fourth-order valence-electron chi connectivity index (χ4n) is 1.58. The van der Waals surface area contributed by atoms with Crippen molar-refractivity contribution in [2.24, 2.45) is 0 Å². The lowest BCUT2D eigenvalue weighted by molar-refractivity contribution is 0.517. The van der Waals surface area contributed by atoms with Crippen molar-refractivity contribution in [3.05, 3.63) is 32.7 Å². The molecule has 0 spiro atoms. The number of nitrogens with one attached hydrogen (secondary N) is 1. The third kappa shape index (κ3) is 3.89. The molecule has 1 aromatic carbocycles. The second-order valence-electron chi connectivity index (χ2n) is 3.58. The van der Waals surface area contributed by atoms with E-state index in [9.17, 15) is 0 Å². The number of hydrogen-bond donors (Lipinski definition) is 1. The summed E-state index contributed by atoms with van der Waals surface area (Å²) in [4.78, 5) is 0. The van der Waals surface area contributed by atoms with Gasteiger partial charge in [-0.2, -0.15) is 0 Å². The molecule has 0 saturated heterocycles. The van der Waals surface area contributed by atoms with E-state index >= 15 is 0 Å². The first-order valence-electron chi connectivity index (χ1n) is 5.37. The third-order valence-electron chi connectivity index (χ3n) is 2.39. The van der Waals surface area contributed by atoms with E-state index in [2.05, 4.69) is 69.2 Å². The van der Waals surface area contributed by atoms with Crippen molar-refractivity contribution in [2.45, 2.75) is 32.7 Å². The van der Waals surface area contributed by atoms with Crippen molar-refractivity contribution in [2.75, 3.05) is 6.54 Å². The molecule has 0 radical (unpaired) electrons. The molecular formula is C12H17Br2N. The Hall–Kier alpha value is 0.140. The van der Waals surface area contributed by atoms with Crippen molar-refractivity contribution in [3.63, 3.8) is 0 Å². The van der Waals surface area contributed by atoms with E-state index < -0.39 is 0 Å². The first-order chi connectivity index (χ1) is 7.19. The number of rotatable bonds is 5. The van der Waals surface area contributed by atoms with Crippen LogP contribution in [0.4, 0.5) is 0 Å². The molecule has 1 atom stereocenters. The van der Waals surface area contributed by atoms with Gasteiger partial charge in [-0.3, -0.25) is 0 Å². The summed E-state index contributed by atoms with van der Waals surface area (Å²) in [7, 11) is 0. The lowest BCUT2D eigenvalue weighted by atomic mass is 10.0. The van der Waals surface area contributed by atoms with Gasteiger partial charge in [0.2, 0.25) is 0 Å².